The highest BCUT2D eigenvalue weighted by molar-refractivity contribution is 7.99. The minimum Gasteiger partial charge on any atom is -0.313 e. The summed E-state index contributed by atoms with van der Waals surface area (Å²) in [6.07, 6.45) is 1.85. The van der Waals surface area contributed by atoms with Crippen LogP contribution in [0.25, 0.3) is 0 Å². The van der Waals surface area contributed by atoms with E-state index >= 15 is 0 Å². The molecule has 0 aromatic carbocycles. The van der Waals surface area contributed by atoms with Crippen molar-refractivity contribution in [3.8, 4) is 0 Å². The first-order valence-electron chi connectivity index (χ1n) is 5.34. The third kappa shape index (κ3) is 2.83. The molecule has 17 heavy (non-hydrogen) atoms. The van der Waals surface area contributed by atoms with Crippen LogP contribution < -0.4 is 5.32 Å². The molecule has 0 aliphatic carbocycles. The standard InChI is InChI=1S/C11H15N5S/c1-8-4-5-10(13-6-8)17-11-15-14-9(7-12-2)16(11)3/h4-6,12H,7H2,1-3H3. The molecule has 0 fully saturated rings. The van der Waals surface area contributed by atoms with Crippen LogP contribution in [-0.4, -0.2) is 26.8 Å². The van der Waals surface area contributed by atoms with Crippen molar-refractivity contribution in [2.75, 3.05) is 7.05 Å². The van der Waals surface area contributed by atoms with Gasteiger partial charge in [-0.15, -0.1) is 10.2 Å². The summed E-state index contributed by atoms with van der Waals surface area (Å²) in [5, 5.41) is 13.1. The molecule has 5 nitrogen and oxygen atoms in total. The van der Waals surface area contributed by atoms with E-state index in [1.165, 1.54) is 11.8 Å². The summed E-state index contributed by atoms with van der Waals surface area (Å²) < 4.78 is 1.97. The van der Waals surface area contributed by atoms with Crippen molar-refractivity contribution in [3.63, 3.8) is 0 Å². The molecule has 0 saturated carbocycles. The first-order valence-corrected chi connectivity index (χ1v) is 6.15. The van der Waals surface area contributed by atoms with Crippen molar-refractivity contribution in [2.24, 2.45) is 7.05 Å². The van der Waals surface area contributed by atoms with Crippen molar-refractivity contribution in [1.82, 2.24) is 25.1 Å². The van der Waals surface area contributed by atoms with E-state index in [4.69, 9.17) is 0 Å². The minimum absolute atomic E-state index is 0.714. The van der Waals surface area contributed by atoms with Gasteiger partial charge in [0.05, 0.1) is 6.54 Å². The number of aromatic nitrogens is 4. The van der Waals surface area contributed by atoms with Crippen LogP contribution in [0.4, 0.5) is 0 Å². The van der Waals surface area contributed by atoms with Gasteiger partial charge in [-0.2, -0.15) is 0 Å². The largest absolute Gasteiger partial charge is 0.313 e. The van der Waals surface area contributed by atoms with Gasteiger partial charge in [0.15, 0.2) is 5.16 Å². The first kappa shape index (κ1) is 12.1. The quantitative estimate of drug-likeness (QED) is 0.887. The highest BCUT2D eigenvalue weighted by Crippen LogP contribution is 2.23. The van der Waals surface area contributed by atoms with E-state index in [2.05, 4.69) is 20.5 Å². The lowest BCUT2D eigenvalue weighted by molar-refractivity contribution is 0.682. The minimum atomic E-state index is 0.714. The van der Waals surface area contributed by atoms with Gasteiger partial charge in [0.25, 0.3) is 0 Å². The van der Waals surface area contributed by atoms with E-state index in [9.17, 15) is 0 Å². The third-order valence-corrected chi connectivity index (χ3v) is 3.33. The van der Waals surface area contributed by atoms with Crippen molar-refractivity contribution >= 4 is 11.8 Å². The monoisotopic (exact) mass is 249 g/mol. The molecule has 2 rings (SSSR count). The van der Waals surface area contributed by atoms with Crippen LogP contribution in [-0.2, 0) is 13.6 Å². The van der Waals surface area contributed by atoms with Crippen LogP contribution in [0.5, 0.6) is 0 Å². The Hall–Kier alpha value is -1.40. The fourth-order valence-electron chi connectivity index (χ4n) is 1.35. The average molecular weight is 249 g/mol. The molecule has 0 unspecified atom stereocenters. The normalized spacial score (nSPS) is 10.8. The van der Waals surface area contributed by atoms with Gasteiger partial charge in [-0.3, -0.25) is 0 Å². The average Bonchev–Trinajstić information content (AvgIpc) is 2.65. The molecule has 0 amide bonds. The zero-order chi connectivity index (χ0) is 12.3. The maximum Gasteiger partial charge on any atom is 0.197 e. The van der Waals surface area contributed by atoms with Gasteiger partial charge in [0.1, 0.15) is 10.9 Å². The maximum absolute atomic E-state index is 4.34. The molecule has 1 N–H and O–H groups in total. The molecule has 0 saturated heterocycles. The molecule has 0 atom stereocenters. The second-order valence-electron chi connectivity index (χ2n) is 3.76. The summed E-state index contributed by atoms with van der Waals surface area (Å²) in [6.45, 7) is 2.74. The molecule has 2 aromatic heterocycles. The second-order valence-corrected chi connectivity index (χ2v) is 4.75. The Balaban J connectivity index is 2.16. The number of rotatable bonds is 4. The van der Waals surface area contributed by atoms with Crippen molar-refractivity contribution in [2.45, 2.75) is 23.7 Å². The van der Waals surface area contributed by atoms with E-state index in [1.54, 1.807) is 0 Å². The number of nitrogens with zero attached hydrogens (tertiary/aromatic N) is 4. The molecule has 2 heterocycles. The maximum atomic E-state index is 4.34. The SMILES string of the molecule is CNCc1nnc(Sc2ccc(C)cn2)n1C. The molecule has 2 aromatic rings. The summed E-state index contributed by atoms with van der Waals surface area (Å²) in [5.41, 5.74) is 1.16. The van der Waals surface area contributed by atoms with Crippen LogP contribution in [0.3, 0.4) is 0 Å². The zero-order valence-corrected chi connectivity index (χ0v) is 11.0. The Morgan fingerprint density at radius 1 is 1.35 bits per heavy atom. The predicted molar refractivity (Wildman–Crippen MR) is 66.9 cm³/mol. The van der Waals surface area contributed by atoms with E-state index in [0.29, 0.717) is 6.54 Å². The van der Waals surface area contributed by atoms with Gasteiger partial charge >= 0.3 is 0 Å². The fraction of sp³-hybridized carbons (Fsp3) is 0.364. The molecular weight excluding hydrogens is 234 g/mol. The van der Waals surface area contributed by atoms with E-state index in [0.717, 1.165) is 21.6 Å². The van der Waals surface area contributed by atoms with E-state index in [1.807, 2.05) is 43.9 Å². The molecule has 90 valence electrons. The predicted octanol–water partition coefficient (Wildman–Crippen LogP) is 1.39. The summed E-state index contributed by atoms with van der Waals surface area (Å²) in [4.78, 5) is 4.34. The molecule has 0 aliphatic rings. The van der Waals surface area contributed by atoms with Crippen molar-refractivity contribution in [1.29, 1.82) is 0 Å². The molecular formula is C11H15N5S. The third-order valence-electron chi connectivity index (χ3n) is 2.34. The Morgan fingerprint density at radius 3 is 2.82 bits per heavy atom. The summed E-state index contributed by atoms with van der Waals surface area (Å²) in [7, 11) is 3.85. The van der Waals surface area contributed by atoms with Gasteiger partial charge in [0, 0.05) is 13.2 Å². The Kier molecular flexibility index (Phi) is 3.75. The van der Waals surface area contributed by atoms with Gasteiger partial charge in [-0.1, -0.05) is 6.07 Å². The fourth-order valence-corrected chi connectivity index (χ4v) is 2.11. The first-order chi connectivity index (χ1) is 8.20. The van der Waals surface area contributed by atoms with Gasteiger partial charge in [-0.25, -0.2) is 4.98 Å². The number of hydrogen-bond donors (Lipinski definition) is 1. The lowest BCUT2D eigenvalue weighted by Gasteiger charge is -2.02. The number of nitrogens with one attached hydrogen (secondary N) is 1. The summed E-state index contributed by atoms with van der Waals surface area (Å²) >= 11 is 1.52. The Labute approximate surface area is 105 Å². The van der Waals surface area contributed by atoms with E-state index in [-0.39, 0.29) is 0 Å². The number of hydrogen-bond acceptors (Lipinski definition) is 5. The van der Waals surface area contributed by atoms with Crippen LogP contribution >= 0.6 is 11.8 Å². The lowest BCUT2D eigenvalue weighted by Crippen LogP contribution is -2.10. The van der Waals surface area contributed by atoms with Crippen LogP contribution in [0.1, 0.15) is 11.4 Å². The molecule has 0 radical (unpaired) electrons. The number of aryl methyl sites for hydroxylation is 1. The van der Waals surface area contributed by atoms with Gasteiger partial charge in [-0.05, 0) is 37.4 Å². The number of pyridine rings is 1. The Bertz CT molecular complexity index is 491. The lowest BCUT2D eigenvalue weighted by atomic mass is 10.3. The smallest absolute Gasteiger partial charge is 0.197 e. The highest BCUT2D eigenvalue weighted by Gasteiger charge is 2.09. The zero-order valence-electron chi connectivity index (χ0n) is 10.1. The highest BCUT2D eigenvalue weighted by atomic mass is 32.2. The van der Waals surface area contributed by atoms with Crippen molar-refractivity contribution in [3.05, 3.63) is 29.7 Å². The van der Waals surface area contributed by atoms with Crippen LogP contribution in [0.2, 0.25) is 0 Å². The topological polar surface area (TPSA) is 55.6 Å². The van der Waals surface area contributed by atoms with Crippen molar-refractivity contribution < 1.29 is 0 Å². The van der Waals surface area contributed by atoms with E-state index < -0.39 is 0 Å². The van der Waals surface area contributed by atoms with Gasteiger partial charge < -0.3 is 9.88 Å². The molecule has 0 aliphatic heterocycles. The summed E-state index contributed by atoms with van der Waals surface area (Å²) in [5.74, 6) is 0.919. The molecule has 0 bridgehead atoms. The Morgan fingerprint density at radius 2 is 2.18 bits per heavy atom. The van der Waals surface area contributed by atoms with Crippen LogP contribution in [0, 0.1) is 6.92 Å². The van der Waals surface area contributed by atoms with Crippen LogP contribution in [0.15, 0.2) is 28.5 Å². The van der Waals surface area contributed by atoms with Gasteiger partial charge in [0.2, 0.25) is 0 Å². The molecule has 6 heteroatoms. The second kappa shape index (κ2) is 5.29. The molecule has 0 spiro atoms. The summed E-state index contributed by atoms with van der Waals surface area (Å²) in [6, 6.07) is 4.03.